The molecule has 1 N–H and O–H groups in total. The third-order valence-electron chi connectivity index (χ3n) is 5.89. The van der Waals surface area contributed by atoms with E-state index in [9.17, 15) is 19.2 Å². The predicted molar refractivity (Wildman–Crippen MR) is 118 cm³/mol. The number of nitrogens with one attached hydrogen (secondary N) is 1. The van der Waals surface area contributed by atoms with E-state index in [0.717, 1.165) is 29.7 Å². The summed E-state index contributed by atoms with van der Waals surface area (Å²) in [5.74, 6) is -0.967. The molecule has 8 heteroatoms. The van der Waals surface area contributed by atoms with Gasteiger partial charge in [-0.1, -0.05) is 44.2 Å². The third kappa shape index (κ3) is 6.08. The summed E-state index contributed by atoms with van der Waals surface area (Å²) in [5.41, 5.74) is 0.783. The summed E-state index contributed by atoms with van der Waals surface area (Å²) in [6, 6.07) is 7.39. The number of benzene rings is 1. The van der Waals surface area contributed by atoms with Crippen molar-refractivity contribution in [3.05, 3.63) is 35.9 Å². The largest absolute Gasteiger partial charge is 0.444 e. The molecule has 32 heavy (non-hydrogen) atoms. The highest BCUT2D eigenvalue weighted by Gasteiger charge is 2.42. The van der Waals surface area contributed by atoms with Crippen molar-refractivity contribution >= 4 is 23.8 Å². The minimum Gasteiger partial charge on any atom is -0.444 e. The Morgan fingerprint density at radius 3 is 2.41 bits per heavy atom. The Morgan fingerprint density at radius 2 is 1.81 bits per heavy atom. The summed E-state index contributed by atoms with van der Waals surface area (Å²) in [6.07, 6.45) is 2.88. The minimum atomic E-state index is -0.957. The summed E-state index contributed by atoms with van der Waals surface area (Å²) >= 11 is 0. The van der Waals surface area contributed by atoms with Crippen molar-refractivity contribution < 1.29 is 23.9 Å². The van der Waals surface area contributed by atoms with Crippen LogP contribution in [0.2, 0.25) is 0 Å². The zero-order valence-electron chi connectivity index (χ0n) is 18.9. The van der Waals surface area contributed by atoms with Crippen LogP contribution in [0.3, 0.4) is 0 Å². The first kappa shape index (κ1) is 23.8. The van der Waals surface area contributed by atoms with Crippen molar-refractivity contribution in [3.63, 3.8) is 0 Å². The SMILES string of the molecule is CC(C)C[C@@H](C(=O)N1CCCCC1)N(C(=O)OCc1ccccc1)C(=O)[C@@H]1CCC(=O)N1. The van der Waals surface area contributed by atoms with E-state index < -0.39 is 24.1 Å². The van der Waals surface area contributed by atoms with E-state index >= 15 is 0 Å². The van der Waals surface area contributed by atoms with E-state index in [0.29, 0.717) is 25.9 Å². The van der Waals surface area contributed by atoms with Crippen LogP contribution in [0.1, 0.15) is 57.9 Å². The van der Waals surface area contributed by atoms with Crippen molar-refractivity contribution in [1.29, 1.82) is 0 Å². The van der Waals surface area contributed by atoms with Gasteiger partial charge in [0, 0.05) is 19.5 Å². The molecule has 0 bridgehead atoms. The molecule has 8 nitrogen and oxygen atoms in total. The molecular weight excluding hydrogens is 410 g/mol. The van der Waals surface area contributed by atoms with Crippen molar-refractivity contribution in [2.75, 3.05) is 13.1 Å². The molecule has 1 aromatic carbocycles. The van der Waals surface area contributed by atoms with Crippen LogP contribution >= 0.6 is 0 Å². The van der Waals surface area contributed by atoms with Gasteiger partial charge < -0.3 is 15.0 Å². The number of likely N-dealkylation sites (tertiary alicyclic amines) is 1. The second-order valence-corrected chi connectivity index (χ2v) is 8.94. The quantitative estimate of drug-likeness (QED) is 0.699. The predicted octanol–water partition coefficient (Wildman–Crippen LogP) is 2.86. The van der Waals surface area contributed by atoms with Crippen molar-refractivity contribution in [3.8, 4) is 0 Å². The second kappa shape index (κ2) is 11.1. The molecule has 2 fully saturated rings. The van der Waals surface area contributed by atoms with Crippen LogP contribution in [-0.4, -0.2) is 58.8 Å². The molecule has 4 amide bonds. The number of amides is 4. The summed E-state index contributed by atoms with van der Waals surface area (Å²) in [5, 5.41) is 2.63. The smallest absolute Gasteiger partial charge is 0.417 e. The van der Waals surface area contributed by atoms with Gasteiger partial charge in [-0.15, -0.1) is 0 Å². The molecule has 0 aliphatic carbocycles. The lowest BCUT2D eigenvalue weighted by Crippen LogP contribution is -2.58. The standard InChI is InChI=1S/C24H33N3O5/c1-17(2)15-20(23(30)26-13-7-4-8-14-26)27(22(29)19-11-12-21(28)25-19)24(31)32-16-18-9-5-3-6-10-18/h3,5-6,9-10,17,19-20H,4,7-8,11-16H2,1-2H3,(H,25,28)/t19-,20-/m0/s1. The Labute approximate surface area is 189 Å². The van der Waals surface area contributed by atoms with Crippen LogP contribution in [0.25, 0.3) is 0 Å². The van der Waals surface area contributed by atoms with Gasteiger partial charge in [-0.05, 0) is 43.6 Å². The molecule has 2 aliphatic rings. The maximum absolute atomic E-state index is 13.5. The van der Waals surface area contributed by atoms with Crippen LogP contribution < -0.4 is 5.32 Å². The van der Waals surface area contributed by atoms with Gasteiger partial charge in [-0.3, -0.25) is 14.4 Å². The van der Waals surface area contributed by atoms with Gasteiger partial charge in [0.15, 0.2) is 0 Å². The van der Waals surface area contributed by atoms with Gasteiger partial charge in [0.05, 0.1) is 0 Å². The van der Waals surface area contributed by atoms with Gasteiger partial charge in [-0.25, -0.2) is 9.69 Å². The number of hydrogen-bond acceptors (Lipinski definition) is 5. The number of carbonyl (C=O) groups is 4. The van der Waals surface area contributed by atoms with Gasteiger partial charge >= 0.3 is 6.09 Å². The first-order chi connectivity index (χ1) is 15.4. The molecule has 0 radical (unpaired) electrons. The average Bonchev–Trinajstić information content (AvgIpc) is 3.24. The van der Waals surface area contributed by atoms with Crippen LogP contribution in [0.5, 0.6) is 0 Å². The van der Waals surface area contributed by atoms with Crippen LogP contribution in [0.4, 0.5) is 4.79 Å². The highest BCUT2D eigenvalue weighted by Crippen LogP contribution is 2.22. The van der Waals surface area contributed by atoms with Crippen molar-refractivity contribution in [2.45, 2.75) is 71.1 Å². The Hall–Kier alpha value is -2.90. The Kier molecular flexibility index (Phi) is 8.25. The zero-order valence-corrected chi connectivity index (χ0v) is 18.9. The van der Waals surface area contributed by atoms with E-state index in [1.807, 2.05) is 44.2 Å². The Bertz CT molecular complexity index is 820. The zero-order chi connectivity index (χ0) is 23.1. The van der Waals surface area contributed by atoms with Gasteiger partial charge in [0.25, 0.3) is 5.91 Å². The fourth-order valence-electron chi connectivity index (χ4n) is 4.22. The molecule has 174 valence electrons. The first-order valence-electron chi connectivity index (χ1n) is 11.5. The second-order valence-electron chi connectivity index (χ2n) is 8.94. The van der Waals surface area contributed by atoms with E-state index in [2.05, 4.69) is 5.32 Å². The molecule has 2 aliphatic heterocycles. The summed E-state index contributed by atoms with van der Waals surface area (Å²) < 4.78 is 5.48. The van der Waals surface area contributed by atoms with Gasteiger partial charge in [0.2, 0.25) is 11.8 Å². The Balaban J connectivity index is 1.85. The maximum atomic E-state index is 13.5. The first-order valence-corrected chi connectivity index (χ1v) is 11.5. The molecule has 0 aromatic heterocycles. The maximum Gasteiger partial charge on any atom is 0.417 e. The van der Waals surface area contributed by atoms with Gasteiger partial charge in [0.1, 0.15) is 18.7 Å². The molecule has 2 heterocycles. The van der Waals surface area contributed by atoms with Crippen LogP contribution in [0.15, 0.2) is 30.3 Å². The number of nitrogens with zero attached hydrogens (tertiary/aromatic N) is 2. The minimum absolute atomic E-state index is 0.00716. The van der Waals surface area contributed by atoms with Crippen LogP contribution in [0, 0.1) is 5.92 Å². The average molecular weight is 444 g/mol. The summed E-state index contributed by atoms with van der Waals surface area (Å²) in [6.45, 7) is 5.13. The molecule has 2 saturated heterocycles. The highest BCUT2D eigenvalue weighted by atomic mass is 16.6. The number of hydrogen-bond donors (Lipinski definition) is 1. The fraction of sp³-hybridized carbons (Fsp3) is 0.583. The van der Waals surface area contributed by atoms with Crippen molar-refractivity contribution in [1.82, 2.24) is 15.1 Å². The third-order valence-corrected chi connectivity index (χ3v) is 5.89. The molecule has 3 rings (SSSR count). The lowest BCUT2D eigenvalue weighted by Gasteiger charge is -2.36. The normalized spacial score (nSPS) is 19.4. The van der Waals surface area contributed by atoms with Crippen molar-refractivity contribution in [2.24, 2.45) is 5.92 Å². The number of carbonyl (C=O) groups excluding carboxylic acids is 4. The Morgan fingerprint density at radius 1 is 1.12 bits per heavy atom. The molecule has 1 aromatic rings. The molecule has 2 atom stereocenters. The van der Waals surface area contributed by atoms with E-state index in [4.69, 9.17) is 4.74 Å². The molecule has 0 spiro atoms. The molecule has 0 saturated carbocycles. The number of imide groups is 1. The molecular formula is C24H33N3O5. The number of ether oxygens (including phenoxy) is 1. The monoisotopic (exact) mass is 443 g/mol. The topological polar surface area (TPSA) is 96.0 Å². The van der Waals surface area contributed by atoms with E-state index in [-0.39, 0.29) is 30.8 Å². The van der Waals surface area contributed by atoms with E-state index in [1.165, 1.54) is 0 Å². The summed E-state index contributed by atoms with van der Waals surface area (Å²) in [4.78, 5) is 54.5. The highest BCUT2D eigenvalue weighted by molar-refractivity contribution is 6.02. The summed E-state index contributed by atoms with van der Waals surface area (Å²) in [7, 11) is 0. The van der Waals surface area contributed by atoms with Crippen LogP contribution in [-0.2, 0) is 25.7 Å². The lowest BCUT2D eigenvalue weighted by molar-refractivity contribution is -0.146. The number of rotatable bonds is 7. The van der Waals surface area contributed by atoms with Gasteiger partial charge in [-0.2, -0.15) is 0 Å². The lowest BCUT2D eigenvalue weighted by atomic mass is 9.99. The molecule has 0 unspecified atom stereocenters. The van der Waals surface area contributed by atoms with E-state index in [1.54, 1.807) is 4.90 Å². The fourth-order valence-corrected chi connectivity index (χ4v) is 4.22. The number of piperidine rings is 1.